The van der Waals surface area contributed by atoms with Crippen LogP contribution in [-0.2, 0) is 11.0 Å². The van der Waals surface area contributed by atoms with Crippen LogP contribution in [0.2, 0.25) is 0 Å². The number of benzene rings is 2. The molecule has 0 spiro atoms. The predicted octanol–water partition coefficient (Wildman–Crippen LogP) is 4.09. The van der Waals surface area contributed by atoms with E-state index in [1.807, 2.05) is 0 Å². The molecule has 2 aromatic carbocycles. The Morgan fingerprint density at radius 2 is 1.72 bits per heavy atom. The van der Waals surface area contributed by atoms with Gasteiger partial charge in [-0.2, -0.15) is 13.2 Å². The van der Waals surface area contributed by atoms with Crippen molar-refractivity contribution < 1.29 is 27.9 Å². The molecule has 2 aromatic rings. The predicted molar refractivity (Wildman–Crippen MR) is 132 cm³/mol. The van der Waals surface area contributed by atoms with Gasteiger partial charge in [-0.1, -0.05) is 34.1 Å². The summed E-state index contributed by atoms with van der Waals surface area (Å²) < 4.78 is 39.6. The van der Waals surface area contributed by atoms with Gasteiger partial charge in [0.1, 0.15) is 0 Å². The van der Waals surface area contributed by atoms with Crippen molar-refractivity contribution in [2.45, 2.75) is 56.0 Å². The summed E-state index contributed by atoms with van der Waals surface area (Å²) in [7, 11) is 0. The average molecular weight is 568 g/mol. The van der Waals surface area contributed by atoms with Crippen LogP contribution in [0.15, 0.2) is 53.0 Å². The minimum Gasteiger partial charge on any atom is -0.390 e. The van der Waals surface area contributed by atoms with E-state index in [0.29, 0.717) is 25.0 Å². The summed E-state index contributed by atoms with van der Waals surface area (Å²) >= 11 is 3.47. The Hall–Kier alpha value is -2.43. The Balaban J connectivity index is 1.23. The van der Waals surface area contributed by atoms with E-state index in [1.54, 1.807) is 0 Å². The highest BCUT2D eigenvalue weighted by molar-refractivity contribution is 9.10. The Morgan fingerprint density at radius 3 is 2.39 bits per heavy atom. The second kappa shape index (κ2) is 11.3. The van der Waals surface area contributed by atoms with Crippen molar-refractivity contribution in [1.29, 1.82) is 0 Å². The fraction of sp³-hybridized carbons (Fsp3) is 0.462. The second-order valence-electron chi connectivity index (χ2n) is 9.51. The number of halogens is 4. The smallest absolute Gasteiger partial charge is 0.390 e. The molecule has 2 aliphatic rings. The molecule has 1 saturated carbocycles. The van der Waals surface area contributed by atoms with Gasteiger partial charge < -0.3 is 15.7 Å². The topological polar surface area (TPSA) is 81.7 Å². The summed E-state index contributed by atoms with van der Waals surface area (Å²) in [6.07, 6.45) is -1.12. The molecule has 0 bridgehead atoms. The van der Waals surface area contributed by atoms with Gasteiger partial charge in [-0.25, -0.2) is 0 Å². The first-order chi connectivity index (χ1) is 17.1. The van der Waals surface area contributed by atoms with Crippen LogP contribution in [0.25, 0.3) is 0 Å². The summed E-state index contributed by atoms with van der Waals surface area (Å²) in [6.45, 7) is 0.591. The molecule has 194 valence electrons. The van der Waals surface area contributed by atoms with Crippen LogP contribution < -0.4 is 10.6 Å². The summed E-state index contributed by atoms with van der Waals surface area (Å²) in [5, 5.41) is 15.6. The quantitative estimate of drug-likeness (QED) is 0.491. The maximum absolute atomic E-state index is 12.9. The summed E-state index contributed by atoms with van der Waals surface area (Å²) in [5.74, 6) is -0.745. The highest BCUT2D eigenvalue weighted by atomic mass is 79.9. The molecule has 0 radical (unpaired) electrons. The number of likely N-dealkylation sites (tertiary alicyclic amines) is 1. The second-order valence-corrected chi connectivity index (χ2v) is 10.4. The van der Waals surface area contributed by atoms with Gasteiger partial charge >= 0.3 is 6.18 Å². The third-order valence-corrected chi connectivity index (χ3v) is 7.61. The zero-order valence-corrected chi connectivity index (χ0v) is 21.2. The highest BCUT2D eigenvalue weighted by Crippen LogP contribution is 2.36. The lowest BCUT2D eigenvalue weighted by Gasteiger charge is -2.34. The first-order valence-corrected chi connectivity index (χ1v) is 12.8. The van der Waals surface area contributed by atoms with Crippen molar-refractivity contribution >= 4 is 27.7 Å². The fourth-order valence-corrected chi connectivity index (χ4v) is 5.39. The molecule has 2 amide bonds. The minimum absolute atomic E-state index is 0.177. The zero-order chi connectivity index (χ0) is 25.9. The van der Waals surface area contributed by atoms with Crippen molar-refractivity contribution in [3.8, 4) is 0 Å². The number of hydrogen-bond acceptors (Lipinski definition) is 4. The molecular formula is C26H29BrF3N3O3. The standard InChI is InChI=1S/C26H29BrF3N3O3/c27-20-8-4-16(5-9-20)17-6-10-21(11-7-17)33-14-22(23(34)15-33)32-24(35)13-31-25(36)18-2-1-3-19(12-18)26(28,29)30/h1-5,8-9,12,17,21-23,34H,6-7,10-11,13-15H2,(H,31,36)(H,32,35). The van der Waals surface area contributed by atoms with E-state index >= 15 is 0 Å². The Morgan fingerprint density at radius 1 is 1.03 bits per heavy atom. The Bertz CT molecular complexity index is 1070. The largest absolute Gasteiger partial charge is 0.416 e. The number of nitrogens with zero attached hydrogens (tertiary/aromatic N) is 1. The maximum atomic E-state index is 12.9. The highest BCUT2D eigenvalue weighted by Gasteiger charge is 2.37. The van der Waals surface area contributed by atoms with Gasteiger partial charge in [-0.15, -0.1) is 0 Å². The Labute approximate surface area is 216 Å². The van der Waals surface area contributed by atoms with E-state index in [9.17, 15) is 27.9 Å². The average Bonchev–Trinajstić information content (AvgIpc) is 3.22. The van der Waals surface area contributed by atoms with Crippen LogP contribution in [0, 0.1) is 0 Å². The molecule has 1 heterocycles. The van der Waals surface area contributed by atoms with Crippen LogP contribution in [-0.4, -0.2) is 59.6 Å². The van der Waals surface area contributed by atoms with Gasteiger partial charge in [-0.3, -0.25) is 14.5 Å². The number of rotatable bonds is 6. The molecule has 2 unspecified atom stereocenters. The third kappa shape index (κ3) is 6.66. The molecule has 10 heteroatoms. The molecule has 4 rings (SSSR count). The number of carbonyl (C=O) groups is 2. The van der Waals surface area contributed by atoms with Gasteiger partial charge in [0.2, 0.25) is 5.91 Å². The van der Waals surface area contributed by atoms with E-state index in [2.05, 4.69) is 55.7 Å². The van der Waals surface area contributed by atoms with E-state index in [-0.39, 0.29) is 5.56 Å². The van der Waals surface area contributed by atoms with Gasteiger partial charge in [0.05, 0.1) is 24.3 Å². The van der Waals surface area contributed by atoms with E-state index in [0.717, 1.165) is 48.4 Å². The number of β-amino-alcohol motifs (C(OH)–C–C–N with tert-alkyl or cyclic N) is 1. The van der Waals surface area contributed by atoms with E-state index < -0.39 is 42.2 Å². The van der Waals surface area contributed by atoms with Crippen molar-refractivity contribution in [3.63, 3.8) is 0 Å². The molecule has 6 nitrogen and oxygen atoms in total. The van der Waals surface area contributed by atoms with Crippen molar-refractivity contribution in [3.05, 3.63) is 69.7 Å². The summed E-state index contributed by atoms with van der Waals surface area (Å²) in [5.41, 5.74) is 0.235. The fourth-order valence-electron chi connectivity index (χ4n) is 5.12. The monoisotopic (exact) mass is 567 g/mol. The number of aliphatic hydroxyl groups is 1. The molecule has 1 aliphatic carbocycles. The van der Waals surface area contributed by atoms with E-state index in [1.165, 1.54) is 11.6 Å². The molecule has 36 heavy (non-hydrogen) atoms. The maximum Gasteiger partial charge on any atom is 0.416 e. The number of nitrogens with one attached hydrogen (secondary N) is 2. The molecule has 2 fully saturated rings. The molecule has 1 saturated heterocycles. The van der Waals surface area contributed by atoms with Crippen LogP contribution in [0.4, 0.5) is 13.2 Å². The van der Waals surface area contributed by atoms with Crippen molar-refractivity contribution in [2.75, 3.05) is 19.6 Å². The van der Waals surface area contributed by atoms with Crippen LogP contribution in [0.1, 0.15) is 53.1 Å². The number of amides is 2. The number of alkyl halides is 3. The first-order valence-electron chi connectivity index (χ1n) is 12.0. The SMILES string of the molecule is O=C(CNC(=O)c1cccc(C(F)(F)F)c1)NC1CN(C2CCC(c3ccc(Br)cc3)CC2)CC1O. The van der Waals surface area contributed by atoms with Crippen LogP contribution in [0.5, 0.6) is 0 Å². The van der Waals surface area contributed by atoms with Gasteiger partial charge in [0.15, 0.2) is 0 Å². The first kappa shape index (κ1) is 26.6. The van der Waals surface area contributed by atoms with Crippen molar-refractivity contribution in [1.82, 2.24) is 15.5 Å². The summed E-state index contributed by atoms with van der Waals surface area (Å²) in [6, 6.07) is 12.3. The van der Waals surface area contributed by atoms with Crippen molar-refractivity contribution in [2.24, 2.45) is 0 Å². The lowest BCUT2D eigenvalue weighted by atomic mass is 9.81. The molecule has 0 aromatic heterocycles. The van der Waals surface area contributed by atoms with Gasteiger partial charge in [0.25, 0.3) is 5.91 Å². The number of hydrogen-bond donors (Lipinski definition) is 3. The number of carbonyl (C=O) groups excluding carboxylic acids is 2. The van der Waals surface area contributed by atoms with Gasteiger partial charge in [0, 0.05) is 29.2 Å². The van der Waals surface area contributed by atoms with Crippen LogP contribution in [0.3, 0.4) is 0 Å². The lowest BCUT2D eigenvalue weighted by Crippen LogP contribution is -2.47. The zero-order valence-electron chi connectivity index (χ0n) is 19.6. The lowest BCUT2D eigenvalue weighted by molar-refractivity contribution is -0.137. The number of aliphatic hydroxyl groups excluding tert-OH is 1. The van der Waals surface area contributed by atoms with Crippen LogP contribution >= 0.6 is 15.9 Å². The van der Waals surface area contributed by atoms with Gasteiger partial charge in [-0.05, 0) is 67.5 Å². The third-order valence-electron chi connectivity index (χ3n) is 7.08. The normalized spacial score (nSPS) is 24.9. The minimum atomic E-state index is -4.56. The van der Waals surface area contributed by atoms with E-state index in [4.69, 9.17) is 0 Å². The molecule has 1 aliphatic heterocycles. The molecule has 2 atom stereocenters. The molecule has 3 N–H and O–H groups in total. The summed E-state index contributed by atoms with van der Waals surface area (Å²) in [4.78, 5) is 26.8. The molecular weight excluding hydrogens is 539 g/mol. The Kier molecular flexibility index (Phi) is 8.37.